The molecular weight excluding hydrogens is 246 g/mol. The first-order valence-electron chi connectivity index (χ1n) is 8.22. The Bertz CT molecular complexity index is 426. The fourth-order valence-corrected chi connectivity index (χ4v) is 4.09. The van der Waals surface area contributed by atoms with Crippen molar-refractivity contribution < 1.29 is 5.11 Å². The molecule has 2 nitrogen and oxygen atoms in total. The van der Waals surface area contributed by atoms with Gasteiger partial charge in [0.2, 0.25) is 0 Å². The van der Waals surface area contributed by atoms with E-state index < -0.39 is 5.60 Å². The van der Waals surface area contributed by atoms with Crippen molar-refractivity contribution in [1.29, 1.82) is 0 Å². The Morgan fingerprint density at radius 1 is 1.10 bits per heavy atom. The van der Waals surface area contributed by atoms with Gasteiger partial charge in [0, 0.05) is 25.0 Å². The van der Waals surface area contributed by atoms with Gasteiger partial charge in [0.15, 0.2) is 0 Å². The maximum absolute atomic E-state index is 11.1. The summed E-state index contributed by atoms with van der Waals surface area (Å²) in [6, 6.07) is 11.0. The Labute approximate surface area is 122 Å². The number of hydrogen-bond donors (Lipinski definition) is 1. The predicted molar refractivity (Wildman–Crippen MR) is 82.6 cm³/mol. The minimum absolute atomic E-state index is 0.306. The molecule has 1 saturated carbocycles. The molecule has 3 rings (SSSR count). The molecule has 0 amide bonds. The van der Waals surface area contributed by atoms with Gasteiger partial charge in [-0.15, -0.1) is 0 Å². The standard InChI is InChI=1S/C18H27NO/c1-15-14-19(17-10-6-3-7-11-17)13-12-18(15,20)16-8-4-2-5-9-16/h2,4-5,8-9,15,17,20H,3,6-7,10-14H2,1H3/t15-,18+/m1/s1. The van der Waals surface area contributed by atoms with Gasteiger partial charge < -0.3 is 5.11 Å². The van der Waals surface area contributed by atoms with E-state index in [0.29, 0.717) is 5.92 Å². The Balaban J connectivity index is 1.70. The predicted octanol–water partition coefficient (Wildman–Crippen LogP) is 3.55. The first-order valence-corrected chi connectivity index (χ1v) is 8.22. The highest BCUT2D eigenvalue weighted by Crippen LogP contribution is 2.39. The molecule has 1 heterocycles. The van der Waals surface area contributed by atoms with Crippen LogP contribution in [0.2, 0.25) is 0 Å². The number of nitrogens with zero attached hydrogens (tertiary/aromatic N) is 1. The summed E-state index contributed by atoms with van der Waals surface area (Å²) in [7, 11) is 0. The molecule has 0 spiro atoms. The minimum Gasteiger partial charge on any atom is -0.385 e. The molecular formula is C18H27NO. The minimum atomic E-state index is -0.633. The van der Waals surface area contributed by atoms with Crippen LogP contribution in [0.4, 0.5) is 0 Å². The number of hydrogen-bond acceptors (Lipinski definition) is 2. The molecule has 20 heavy (non-hydrogen) atoms. The second-order valence-electron chi connectivity index (χ2n) is 6.73. The van der Waals surface area contributed by atoms with Crippen molar-refractivity contribution in [2.45, 2.75) is 57.1 Å². The highest BCUT2D eigenvalue weighted by molar-refractivity contribution is 5.24. The largest absolute Gasteiger partial charge is 0.385 e. The van der Waals surface area contributed by atoms with Crippen LogP contribution in [-0.4, -0.2) is 29.1 Å². The summed E-state index contributed by atoms with van der Waals surface area (Å²) < 4.78 is 0. The molecule has 1 saturated heterocycles. The summed E-state index contributed by atoms with van der Waals surface area (Å²) in [4.78, 5) is 2.64. The van der Waals surface area contributed by atoms with Crippen molar-refractivity contribution in [3.8, 4) is 0 Å². The average Bonchev–Trinajstić information content (AvgIpc) is 2.52. The van der Waals surface area contributed by atoms with Crippen LogP contribution >= 0.6 is 0 Å². The average molecular weight is 273 g/mol. The summed E-state index contributed by atoms with van der Waals surface area (Å²) in [5.74, 6) is 0.306. The third-order valence-electron chi connectivity index (χ3n) is 5.47. The SMILES string of the molecule is C[C@@H]1CN(C2CCCCC2)CC[C@@]1(O)c1ccccc1. The second-order valence-corrected chi connectivity index (χ2v) is 6.73. The number of rotatable bonds is 2. The van der Waals surface area contributed by atoms with Crippen LogP contribution in [0.1, 0.15) is 51.0 Å². The van der Waals surface area contributed by atoms with Crippen LogP contribution < -0.4 is 0 Å². The molecule has 0 aromatic heterocycles. The fourth-order valence-electron chi connectivity index (χ4n) is 4.09. The molecule has 2 atom stereocenters. The molecule has 1 aliphatic carbocycles. The van der Waals surface area contributed by atoms with Gasteiger partial charge in [-0.3, -0.25) is 4.90 Å². The van der Waals surface area contributed by atoms with Crippen molar-refractivity contribution in [1.82, 2.24) is 4.90 Å². The molecule has 1 N–H and O–H groups in total. The van der Waals surface area contributed by atoms with Gasteiger partial charge in [-0.2, -0.15) is 0 Å². The number of benzene rings is 1. The number of likely N-dealkylation sites (tertiary alicyclic amines) is 1. The summed E-state index contributed by atoms with van der Waals surface area (Å²) in [6.07, 6.45) is 7.77. The third-order valence-corrected chi connectivity index (χ3v) is 5.47. The van der Waals surface area contributed by atoms with Gasteiger partial charge in [-0.1, -0.05) is 56.5 Å². The smallest absolute Gasteiger partial charge is 0.0946 e. The van der Waals surface area contributed by atoms with Crippen molar-refractivity contribution in [2.75, 3.05) is 13.1 Å². The summed E-state index contributed by atoms with van der Waals surface area (Å²) in [5, 5.41) is 11.1. The van der Waals surface area contributed by atoms with Crippen molar-refractivity contribution in [3.05, 3.63) is 35.9 Å². The Hall–Kier alpha value is -0.860. The van der Waals surface area contributed by atoms with Gasteiger partial charge >= 0.3 is 0 Å². The maximum atomic E-state index is 11.1. The van der Waals surface area contributed by atoms with E-state index in [2.05, 4.69) is 24.0 Å². The molecule has 110 valence electrons. The normalized spacial score (nSPS) is 33.2. The molecule has 1 aliphatic heterocycles. The van der Waals surface area contributed by atoms with Gasteiger partial charge in [-0.05, 0) is 24.8 Å². The van der Waals surface area contributed by atoms with E-state index in [4.69, 9.17) is 0 Å². The lowest BCUT2D eigenvalue weighted by Crippen LogP contribution is -2.52. The van der Waals surface area contributed by atoms with Crippen LogP contribution in [0.15, 0.2) is 30.3 Å². The van der Waals surface area contributed by atoms with Gasteiger partial charge in [-0.25, -0.2) is 0 Å². The second kappa shape index (κ2) is 5.87. The van der Waals surface area contributed by atoms with Crippen LogP contribution in [-0.2, 0) is 5.60 Å². The molecule has 2 heteroatoms. The molecule has 2 fully saturated rings. The summed E-state index contributed by atoms with van der Waals surface area (Å²) >= 11 is 0. The Kier molecular flexibility index (Phi) is 4.13. The maximum Gasteiger partial charge on any atom is 0.0946 e. The van der Waals surface area contributed by atoms with Crippen molar-refractivity contribution in [2.24, 2.45) is 5.92 Å². The lowest BCUT2D eigenvalue weighted by atomic mass is 9.76. The fraction of sp³-hybridized carbons (Fsp3) is 0.667. The zero-order valence-corrected chi connectivity index (χ0v) is 12.6. The van der Waals surface area contributed by atoms with E-state index in [9.17, 15) is 5.11 Å². The first kappa shape index (κ1) is 14.1. The Morgan fingerprint density at radius 2 is 1.80 bits per heavy atom. The Morgan fingerprint density at radius 3 is 2.45 bits per heavy atom. The van der Waals surface area contributed by atoms with Crippen LogP contribution in [0, 0.1) is 5.92 Å². The van der Waals surface area contributed by atoms with Crippen LogP contribution in [0.5, 0.6) is 0 Å². The van der Waals surface area contributed by atoms with E-state index in [1.54, 1.807) is 0 Å². The zero-order valence-electron chi connectivity index (χ0n) is 12.6. The lowest BCUT2D eigenvalue weighted by molar-refractivity contribution is -0.0822. The third kappa shape index (κ3) is 2.64. The summed E-state index contributed by atoms with van der Waals surface area (Å²) in [6.45, 7) is 4.29. The first-order chi connectivity index (χ1) is 9.70. The van der Waals surface area contributed by atoms with Gasteiger partial charge in [0.1, 0.15) is 0 Å². The van der Waals surface area contributed by atoms with E-state index in [1.165, 1.54) is 32.1 Å². The van der Waals surface area contributed by atoms with E-state index in [-0.39, 0.29) is 0 Å². The van der Waals surface area contributed by atoms with E-state index in [1.807, 2.05) is 18.2 Å². The molecule has 0 unspecified atom stereocenters. The highest BCUT2D eigenvalue weighted by atomic mass is 16.3. The zero-order chi connectivity index (χ0) is 14.0. The van der Waals surface area contributed by atoms with E-state index >= 15 is 0 Å². The van der Waals surface area contributed by atoms with Crippen LogP contribution in [0.3, 0.4) is 0 Å². The summed E-state index contributed by atoms with van der Waals surface area (Å²) in [5.41, 5.74) is 0.461. The van der Waals surface area contributed by atoms with Gasteiger partial charge in [0.25, 0.3) is 0 Å². The van der Waals surface area contributed by atoms with Crippen molar-refractivity contribution >= 4 is 0 Å². The van der Waals surface area contributed by atoms with Crippen molar-refractivity contribution in [3.63, 3.8) is 0 Å². The number of piperidine rings is 1. The monoisotopic (exact) mass is 273 g/mol. The topological polar surface area (TPSA) is 23.5 Å². The molecule has 0 bridgehead atoms. The van der Waals surface area contributed by atoms with E-state index in [0.717, 1.165) is 31.1 Å². The van der Waals surface area contributed by atoms with Gasteiger partial charge in [0.05, 0.1) is 5.60 Å². The number of aliphatic hydroxyl groups is 1. The molecule has 1 aromatic rings. The van der Waals surface area contributed by atoms with Crippen LogP contribution in [0.25, 0.3) is 0 Å². The quantitative estimate of drug-likeness (QED) is 0.891. The lowest BCUT2D eigenvalue weighted by Gasteiger charge is -2.47. The highest BCUT2D eigenvalue weighted by Gasteiger charge is 2.41. The molecule has 0 radical (unpaired) electrons. The molecule has 2 aliphatic rings. The molecule has 1 aromatic carbocycles.